The molecule has 0 aromatic heterocycles. The summed E-state index contributed by atoms with van der Waals surface area (Å²) in [4.78, 5) is 10.7. The van der Waals surface area contributed by atoms with E-state index in [-0.39, 0.29) is 5.69 Å². The molecule has 0 unspecified atom stereocenters. The first-order valence-electron chi connectivity index (χ1n) is 5.07. The normalized spacial score (nSPS) is 11.8. The number of halogens is 3. The molecular formula is C12H11F3N2O. The van der Waals surface area contributed by atoms with E-state index in [2.05, 4.69) is 6.07 Å². The van der Waals surface area contributed by atoms with E-state index in [1.54, 1.807) is 19.2 Å². The van der Waals surface area contributed by atoms with Crippen LogP contribution in [0.5, 0.6) is 0 Å². The Labute approximate surface area is 102 Å². The zero-order chi connectivity index (χ0) is 14.0. The summed E-state index contributed by atoms with van der Waals surface area (Å²) in [5, 5.41) is 10.6. The van der Waals surface area contributed by atoms with Gasteiger partial charge in [-0.15, -0.1) is 0 Å². The molecule has 0 spiro atoms. The average molecular weight is 256 g/mol. The van der Waals surface area contributed by atoms with Crippen molar-refractivity contribution in [2.45, 2.75) is 25.4 Å². The number of carbonyl (C=O) groups is 1. The molecule has 6 heteroatoms. The van der Waals surface area contributed by atoms with Crippen molar-refractivity contribution in [3.05, 3.63) is 29.8 Å². The van der Waals surface area contributed by atoms with Crippen LogP contribution < -0.4 is 5.32 Å². The number of carbonyl (C=O) groups excluding carboxylic acids is 1. The molecule has 1 N–H and O–H groups in total. The summed E-state index contributed by atoms with van der Waals surface area (Å²) in [6.45, 7) is 3.38. The molecule has 1 aromatic rings. The van der Waals surface area contributed by atoms with Crippen molar-refractivity contribution in [2.75, 3.05) is 5.32 Å². The number of anilines is 1. The van der Waals surface area contributed by atoms with Gasteiger partial charge in [0, 0.05) is 5.69 Å². The van der Waals surface area contributed by atoms with Gasteiger partial charge in [0.15, 0.2) is 0 Å². The highest BCUT2D eigenvalue weighted by molar-refractivity contribution is 5.94. The molecule has 1 aromatic carbocycles. The predicted octanol–water partition coefficient (Wildman–Crippen LogP) is 2.99. The maximum atomic E-state index is 12.0. The Bertz CT molecular complexity index is 484. The molecule has 0 aliphatic rings. The number of benzene rings is 1. The first-order valence-corrected chi connectivity index (χ1v) is 5.07. The fourth-order valence-electron chi connectivity index (χ4n) is 1.24. The molecule has 0 saturated carbocycles. The largest absolute Gasteiger partial charge is 0.471 e. The van der Waals surface area contributed by atoms with Gasteiger partial charge in [-0.2, -0.15) is 18.4 Å². The highest BCUT2D eigenvalue weighted by atomic mass is 19.4. The third-order valence-corrected chi connectivity index (χ3v) is 2.40. The van der Waals surface area contributed by atoms with Crippen LogP contribution in [-0.4, -0.2) is 12.1 Å². The van der Waals surface area contributed by atoms with Gasteiger partial charge in [-0.1, -0.05) is 12.1 Å². The van der Waals surface area contributed by atoms with E-state index in [0.717, 1.165) is 0 Å². The zero-order valence-electron chi connectivity index (χ0n) is 9.80. The highest BCUT2D eigenvalue weighted by Gasteiger charge is 2.38. The Kier molecular flexibility index (Phi) is 3.65. The number of nitrogens with one attached hydrogen (secondary N) is 1. The maximum absolute atomic E-state index is 12.0. The van der Waals surface area contributed by atoms with E-state index < -0.39 is 17.5 Å². The predicted molar refractivity (Wildman–Crippen MR) is 59.8 cm³/mol. The minimum atomic E-state index is -4.91. The summed E-state index contributed by atoms with van der Waals surface area (Å²) >= 11 is 0. The number of alkyl halides is 3. The van der Waals surface area contributed by atoms with Crippen LogP contribution in [0.2, 0.25) is 0 Å². The van der Waals surface area contributed by atoms with Crippen molar-refractivity contribution in [3.8, 4) is 6.07 Å². The second kappa shape index (κ2) is 4.69. The van der Waals surface area contributed by atoms with E-state index in [4.69, 9.17) is 5.26 Å². The number of rotatable bonds is 2. The first kappa shape index (κ1) is 14.0. The minimum absolute atomic E-state index is 0.0369. The summed E-state index contributed by atoms with van der Waals surface area (Å²) in [6, 6.07) is 7.76. The summed E-state index contributed by atoms with van der Waals surface area (Å²) < 4.78 is 36.0. The van der Waals surface area contributed by atoms with Crippen molar-refractivity contribution in [2.24, 2.45) is 0 Å². The van der Waals surface area contributed by atoms with Crippen LogP contribution in [0, 0.1) is 11.3 Å². The van der Waals surface area contributed by atoms with E-state index in [1.807, 2.05) is 0 Å². The molecule has 0 atom stereocenters. The number of hydrogen-bond acceptors (Lipinski definition) is 2. The first-order chi connectivity index (χ1) is 8.16. The Morgan fingerprint density at radius 2 is 1.72 bits per heavy atom. The second-order valence-electron chi connectivity index (χ2n) is 4.27. The third kappa shape index (κ3) is 3.23. The number of hydrogen-bond donors (Lipinski definition) is 1. The maximum Gasteiger partial charge on any atom is 0.471 e. The molecule has 0 heterocycles. The lowest BCUT2D eigenvalue weighted by atomic mass is 9.86. The van der Waals surface area contributed by atoms with Gasteiger partial charge < -0.3 is 5.32 Å². The van der Waals surface area contributed by atoms with E-state index in [0.29, 0.717) is 5.56 Å². The van der Waals surface area contributed by atoms with Gasteiger partial charge in [-0.05, 0) is 31.5 Å². The minimum Gasteiger partial charge on any atom is -0.318 e. The molecule has 3 nitrogen and oxygen atoms in total. The lowest BCUT2D eigenvalue weighted by Crippen LogP contribution is -2.29. The summed E-state index contributed by atoms with van der Waals surface area (Å²) in [5.41, 5.74) is -0.0307. The van der Waals surface area contributed by atoms with Crippen molar-refractivity contribution in [1.29, 1.82) is 5.26 Å². The summed E-state index contributed by atoms with van der Waals surface area (Å²) in [5.74, 6) is -2.02. The van der Waals surface area contributed by atoms with Crippen LogP contribution in [0.25, 0.3) is 0 Å². The summed E-state index contributed by atoms with van der Waals surface area (Å²) in [6.07, 6.45) is -4.91. The van der Waals surface area contributed by atoms with Gasteiger partial charge in [-0.3, -0.25) is 4.79 Å². The van der Waals surface area contributed by atoms with E-state index in [9.17, 15) is 18.0 Å². The molecular weight excluding hydrogens is 245 g/mol. The molecule has 1 rings (SSSR count). The van der Waals surface area contributed by atoms with Crippen LogP contribution >= 0.6 is 0 Å². The number of amides is 1. The molecule has 0 radical (unpaired) electrons. The molecule has 96 valence electrons. The van der Waals surface area contributed by atoms with Crippen molar-refractivity contribution in [1.82, 2.24) is 0 Å². The van der Waals surface area contributed by atoms with Gasteiger partial charge in [0.25, 0.3) is 0 Å². The quantitative estimate of drug-likeness (QED) is 0.884. The van der Waals surface area contributed by atoms with Crippen molar-refractivity contribution in [3.63, 3.8) is 0 Å². The third-order valence-electron chi connectivity index (χ3n) is 2.40. The molecule has 0 bridgehead atoms. The van der Waals surface area contributed by atoms with Crippen molar-refractivity contribution < 1.29 is 18.0 Å². The smallest absolute Gasteiger partial charge is 0.318 e. The van der Waals surface area contributed by atoms with Crippen LogP contribution in [0.4, 0.5) is 18.9 Å². The lowest BCUT2D eigenvalue weighted by Gasteiger charge is -2.16. The van der Waals surface area contributed by atoms with Crippen LogP contribution in [0.3, 0.4) is 0 Å². The van der Waals surface area contributed by atoms with Crippen LogP contribution in [0.15, 0.2) is 24.3 Å². The topological polar surface area (TPSA) is 52.9 Å². The highest BCUT2D eigenvalue weighted by Crippen LogP contribution is 2.24. The standard InChI is InChI=1S/C12H11F3N2O/c1-11(2,7-16)8-3-5-9(6-4-8)17-10(18)12(13,14)15/h3-6H,1-2H3,(H,17,18). The fraction of sp³-hybridized carbons (Fsp3) is 0.333. The average Bonchev–Trinajstić information content (AvgIpc) is 2.28. The SMILES string of the molecule is CC(C)(C#N)c1ccc(NC(=O)C(F)(F)F)cc1. The number of nitriles is 1. The fourth-order valence-corrected chi connectivity index (χ4v) is 1.24. The van der Waals surface area contributed by atoms with E-state index in [1.165, 1.54) is 24.3 Å². The van der Waals surface area contributed by atoms with Gasteiger partial charge in [0.2, 0.25) is 0 Å². The molecule has 0 fully saturated rings. The molecule has 18 heavy (non-hydrogen) atoms. The van der Waals surface area contributed by atoms with Gasteiger partial charge in [0.05, 0.1) is 11.5 Å². The molecule has 1 amide bonds. The Hall–Kier alpha value is -2.03. The summed E-state index contributed by atoms with van der Waals surface area (Å²) in [7, 11) is 0. The second-order valence-corrected chi connectivity index (χ2v) is 4.27. The molecule has 0 saturated heterocycles. The Balaban J connectivity index is 2.86. The van der Waals surface area contributed by atoms with Crippen LogP contribution in [0.1, 0.15) is 19.4 Å². The van der Waals surface area contributed by atoms with Crippen LogP contribution in [-0.2, 0) is 10.2 Å². The number of nitrogens with zero attached hydrogens (tertiary/aromatic N) is 1. The lowest BCUT2D eigenvalue weighted by molar-refractivity contribution is -0.167. The van der Waals surface area contributed by atoms with Gasteiger partial charge in [-0.25, -0.2) is 0 Å². The van der Waals surface area contributed by atoms with Gasteiger partial charge in [0.1, 0.15) is 0 Å². The van der Waals surface area contributed by atoms with E-state index >= 15 is 0 Å². The Morgan fingerprint density at radius 3 is 2.11 bits per heavy atom. The molecule has 0 aliphatic carbocycles. The monoisotopic (exact) mass is 256 g/mol. The van der Waals surface area contributed by atoms with Crippen molar-refractivity contribution >= 4 is 11.6 Å². The molecule has 0 aliphatic heterocycles. The van der Waals surface area contributed by atoms with Gasteiger partial charge >= 0.3 is 12.1 Å². The Morgan fingerprint density at radius 1 is 1.22 bits per heavy atom. The zero-order valence-corrected chi connectivity index (χ0v) is 9.80.